The Hall–Kier alpha value is -1.69. The number of imide groups is 1. The first-order valence-electron chi connectivity index (χ1n) is 7.32. The third-order valence-corrected chi connectivity index (χ3v) is 5.47. The Balaban J connectivity index is 1.55. The van der Waals surface area contributed by atoms with Crippen LogP contribution in [0.15, 0.2) is 58.3 Å². The predicted octanol–water partition coefficient (Wildman–Crippen LogP) is 5.00. The molecule has 0 aliphatic carbocycles. The number of benzene rings is 2. The van der Waals surface area contributed by atoms with Crippen molar-refractivity contribution in [3.63, 3.8) is 0 Å². The minimum absolute atomic E-state index is 0.319. The second-order valence-corrected chi connectivity index (χ2v) is 7.77. The van der Waals surface area contributed by atoms with E-state index in [4.69, 9.17) is 11.6 Å². The fourth-order valence-corrected chi connectivity index (χ4v) is 3.88. The van der Waals surface area contributed by atoms with Crippen LogP contribution in [0.4, 0.5) is 4.79 Å². The third kappa shape index (κ3) is 4.66. The van der Waals surface area contributed by atoms with E-state index in [1.807, 2.05) is 48.5 Å². The minimum atomic E-state index is -0.327. The molecule has 0 spiro atoms. The fourth-order valence-electron chi connectivity index (χ4n) is 2.17. The van der Waals surface area contributed by atoms with Crippen molar-refractivity contribution in [3.8, 4) is 0 Å². The number of thioether (sulfide) groups is 2. The van der Waals surface area contributed by atoms with Gasteiger partial charge in [-0.2, -0.15) is 0 Å². The Morgan fingerprint density at radius 1 is 1.04 bits per heavy atom. The topological polar surface area (TPSA) is 46.2 Å². The molecule has 0 unspecified atom stereocenters. The molecule has 1 saturated heterocycles. The number of aryl methyl sites for hydroxylation is 1. The van der Waals surface area contributed by atoms with E-state index in [-0.39, 0.29) is 11.1 Å². The maximum atomic E-state index is 11.5. The molecule has 2 aromatic rings. The van der Waals surface area contributed by atoms with Crippen LogP contribution in [0.2, 0.25) is 5.02 Å². The van der Waals surface area contributed by atoms with Crippen LogP contribution < -0.4 is 5.32 Å². The van der Waals surface area contributed by atoms with Crippen molar-refractivity contribution < 1.29 is 9.59 Å². The average molecular weight is 376 g/mol. The summed E-state index contributed by atoms with van der Waals surface area (Å²) in [4.78, 5) is 24.3. The minimum Gasteiger partial charge on any atom is -0.282 e. The summed E-state index contributed by atoms with van der Waals surface area (Å²) >= 11 is 8.59. The van der Waals surface area contributed by atoms with Crippen LogP contribution in [-0.2, 0) is 11.2 Å². The molecule has 1 N–H and O–H groups in total. The van der Waals surface area contributed by atoms with E-state index in [9.17, 15) is 9.59 Å². The van der Waals surface area contributed by atoms with Crippen LogP contribution in [0.25, 0.3) is 6.08 Å². The molecule has 2 aromatic carbocycles. The molecule has 0 bridgehead atoms. The van der Waals surface area contributed by atoms with Gasteiger partial charge in [-0.3, -0.25) is 14.9 Å². The van der Waals surface area contributed by atoms with Crippen LogP contribution in [0.1, 0.15) is 11.1 Å². The molecule has 1 fully saturated rings. The van der Waals surface area contributed by atoms with Crippen molar-refractivity contribution in [1.82, 2.24) is 5.32 Å². The summed E-state index contributed by atoms with van der Waals surface area (Å²) in [5.41, 5.74) is 2.17. The highest BCUT2D eigenvalue weighted by Gasteiger charge is 2.24. The molecule has 3 rings (SSSR count). The van der Waals surface area contributed by atoms with E-state index in [1.165, 1.54) is 10.5 Å². The SMILES string of the molecule is O=C1NC(=O)C(=Cc2ccc(SCCc3ccc(Cl)cc3)cc2)S1. The van der Waals surface area contributed by atoms with E-state index >= 15 is 0 Å². The van der Waals surface area contributed by atoms with Crippen molar-refractivity contribution in [1.29, 1.82) is 0 Å². The van der Waals surface area contributed by atoms with E-state index in [0.717, 1.165) is 34.5 Å². The van der Waals surface area contributed by atoms with Crippen molar-refractivity contribution in [2.45, 2.75) is 11.3 Å². The van der Waals surface area contributed by atoms with Gasteiger partial charge in [-0.25, -0.2) is 0 Å². The lowest BCUT2D eigenvalue weighted by Gasteiger charge is -2.03. The van der Waals surface area contributed by atoms with Gasteiger partial charge in [0.05, 0.1) is 4.91 Å². The number of rotatable bonds is 5. The quantitative estimate of drug-likeness (QED) is 0.590. The van der Waals surface area contributed by atoms with Crippen LogP contribution >= 0.6 is 35.1 Å². The molecule has 0 atom stereocenters. The molecule has 1 heterocycles. The van der Waals surface area contributed by atoms with Crippen LogP contribution in [0, 0.1) is 0 Å². The Kier molecular flexibility index (Phi) is 5.66. The number of carbonyl (C=O) groups is 2. The zero-order chi connectivity index (χ0) is 16.9. The number of hydrogen-bond acceptors (Lipinski definition) is 4. The molecular weight excluding hydrogens is 362 g/mol. The van der Waals surface area contributed by atoms with Gasteiger partial charge in [-0.15, -0.1) is 11.8 Å². The molecule has 2 amide bonds. The Labute approximate surface area is 153 Å². The largest absolute Gasteiger partial charge is 0.290 e. The van der Waals surface area contributed by atoms with Crippen molar-refractivity contribution in [2.75, 3.05) is 5.75 Å². The Bertz CT molecular complexity index is 786. The van der Waals surface area contributed by atoms with E-state index in [1.54, 1.807) is 17.8 Å². The number of hydrogen-bond donors (Lipinski definition) is 1. The lowest BCUT2D eigenvalue weighted by Crippen LogP contribution is -2.17. The monoisotopic (exact) mass is 375 g/mol. The first-order chi connectivity index (χ1) is 11.6. The molecule has 122 valence electrons. The van der Waals surface area contributed by atoms with Crippen LogP contribution in [-0.4, -0.2) is 16.9 Å². The molecule has 0 saturated carbocycles. The summed E-state index contributed by atoms with van der Waals surface area (Å²) in [6.45, 7) is 0. The highest BCUT2D eigenvalue weighted by molar-refractivity contribution is 8.18. The highest BCUT2D eigenvalue weighted by atomic mass is 35.5. The molecular formula is C18H14ClNO2S2. The molecule has 24 heavy (non-hydrogen) atoms. The summed E-state index contributed by atoms with van der Waals surface area (Å²) in [6.07, 6.45) is 2.71. The number of halogens is 1. The number of amides is 2. The Morgan fingerprint density at radius 3 is 2.38 bits per heavy atom. The lowest BCUT2D eigenvalue weighted by molar-refractivity contribution is -0.115. The molecule has 3 nitrogen and oxygen atoms in total. The first-order valence-corrected chi connectivity index (χ1v) is 9.50. The summed E-state index contributed by atoms with van der Waals surface area (Å²) in [6, 6.07) is 15.9. The van der Waals surface area contributed by atoms with E-state index in [2.05, 4.69) is 5.32 Å². The van der Waals surface area contributed by atoms with Gasteiger partial charge in [0.25, 0.3) is 11.1 Å². The number of carbonyl (C=O) groups excluding carboxylic acids is 2. The smallest absolute Gasteiger partial charge is 0.282 e. The van der Waals surface area contributed by atoms with E-state index < -0.39 is 0 Å². The van der Waals surface area contributed by atoms with Crippen LogP contribution in [0.3, 0.4) is 0 Å². The van der Waals surface area contributed by atoms with Gasteiger partial charge in [0.2, 0.25) is 0 Å². The van der Waals surface area contributed by atoms with E-state index in [0.29, 0.717) is 4.91 Å². The molecule has 1 aliphatic rings. The summed E-state index contributed by atoms with van der Waals surface area (Å²) in [7, 11) is 0. The third-order valence-electron chi connectivity index (χ3n) is 3.39. The molecule has 0 aromatic heterocycles. The summed E-state index contributed by atoms with van der Waals surface area (Å²) in [5, 5.41) is 2.69. The van der Waals surface area contributed by atoms with Gasteiger partial charge in [-0.1, -0.05) is 35.9 Å². The lowest BCUT2D eigenvalue weighted by atomic mass is 10.2. The maximum Gasteiger partial charge on any atom is 0.290 e. The van der Waals surface area contributed by atoms with Gasteiger partial charge in [-0.05, 0) is 59.7 Å². The van der Waals surface area contributed by atoms with Gasteiger partial charge < -0.3 is 0 Å². The van der Waals surface area contributed by atoms with Gasteiger partial charge in [0.15, 0.2) is 0 Å². The maximum absolute atomic E-state index is 11.5. The molecule has 0 radical (unpaired) electrons. The zero-order valence-electron chi connectivity index (χ0n) is 12.6. The fraction of sp³-hybridized carbons (Fsp3) is 0.111. The standard InChI is InChI=1S/C18H14ClNO2S2/c19-14-5-1-12(2-6-14)9-10-23-15-7-3-13(4-8-15)11-16-17(21)20-18(22)24-16/h1-8,11H,9-10H2,(H,20,21,22). The van der Waals surface area contributed by atoms with Gasteiger partial charge >= 0.3 is 0 Å². The van der Waals surface area contributed by atoms with Crippen LogP contribution in [0.5, 0.6) is 0 Å². The van der Waals surface area contributed by atoms with Crippen molar-refractivity contribution in [2.24, 2.45) is 0 Å². The van der Waals surface area contributed by atoms with Crippen molar-refractivity contribution in [3.05, 3.63) is 69.6 Å². The zero-order valence-corrected chi connectivity index (χ0v) is 15.0. The Morgan fingerprint density at radius 2 is 1.75 bits per heavy atom. The summed E-state index contributed by atoms with van der Waals surface area (Å²) in [5.74, 6) is 0.654. The van der Waals surface area contributed by atoms with Crippen molar-refractivity contribution >= 4 is 52.3 Å². The second-order valence-electron chi connectivity index (χ2n) is 5.15. The molecule has 6 heteroatoms. The first kappa shape index (κ1) is 17.1. The number of nitrogens with one attached hydrogen (secondary N) is 1. The second kappa shape index (κ2) is 7.92. The molecule has 1 aliphatic heterocycles. The summed E-state index contributed by atoms with van der Waals surface area (Å²) < 4.78 is 0. The van der Waals surface area contributed by atoms with Gasteiger partial charge in [0.1, 0.15) is 0 Å². The predicted molar refractivity (Wildman–Crippen MR) is 101 cm³/mol. The highest BCUT2D eigenvalue weighted by Crippen LogP contribution is 2.26. The van der Waals surface area contributed by atoms with Gasteiger partial charge in [0, 0.05) is 15.7 Å². The average Bonchev–Trinajstić information content (AvgIpc) is 2.88. The normalized spacial score (nSPS) is 15.8.